The fraction of sp³-hybridized carbons (Fsp3) is 0.200. The first-order valence-corrected chi connectivity index (χ1v) is 6.05. The van der Waals surface area contributed by atoms with Crippen LogP contribution in [0.5, 0.6) is 0 Å². The van der Waals surface area contributed by atoms with Crippen molar-refractivity contribution in [1.82, 2.24) is 4.98 Å². The summed E-state index contributed by atoms with van der Waals surface area (Å²) in [7, 11) is 0. The van der Waals surface area contributed by atoms with Gasteiger partial charge in [0.25, 0.3) is 0 Å². The first-order chi connectivity index (χ1) is 9.10. The lowest BCUT2D eigenvalue weighted by Gasteiger charge is -2.04. The maximum Gasteiger partial charge on any atom is 0.338 e. The molecule has 0 aliphatic carbocycles. The van der Waals surface area contributed by atoms with Gasteiger partial charge in [0.2, 0.25) is 0 Å². The van der Waals surface area contributed by atoms with Crippen molar-refractivity contribution >= 4 is 5.97 Å². The molecule has 4 heteroatoms. The molecular formula is C15H14FNO2. The lowest BCUT2D eigenvalue weighted by atomic mass is 10.1. The van der Waals surface area contributed by atoms with Crippen molar-refractivity contribution in [2.75, 3.05) is 0 Å². The van der Waals surface area contributed by atoms with Crippen LogP contribution in [-0.4, -0.2) is 16.1 Å². The highest BCUT2D eigenvalue weighted by molar-refractivity contribution is 5.87. The topological polar surface area (TPSA) is 50.2 Å². The SMILES string of the molecule is CCc1ccc(Cc2ccc(C(=O)O)c(F)c2)nc1. The van der Waals surface area contributed by atoms with Crippen LogP contribution < -0.4 is 0 Å². The number of carboxylic acids is 1. The van der Waals surface area contributed by atoms with Gasteiger partial charge in [0, 0.05) is 18.3 Å². The molecule has 2 rings (SSSR count). The molecule has 3 nitrogen and oxygen atoms in total. The van der Waals surface area contributed by atoms with E-state index < -0.39 is 11.8 Å². The number of nitrogens with zero attached hydrogens (tertiary/aromatic N) is 1. The molecule has 0 fully saturated rings. The van der Waals surface area contributed by atoms with E-state index in [9.17, 15) is 9.18 Å². The number of aromatic carboxylic acids is 1. The van der Waals surface area contributed by atoms with Gasteiger partial charge in [0.15, 0.2) is 0 Å². The molecule has 0 aliphatic rings. The highest BCUT2D eigenvalue weighted by atomic mass is 19.1. The number of carbonyl (C=O) groups is 1. The first kappa shape index (κ1) is 13.2. The summed E-state index contributed by atoms with van der Waals surface area (Å²) in [6.07, 6.45) is 3.22. The predicted octanol–water partition coefficient (Wildman–Crippen LogP) is 3.07. The Bertz CT molecular complexity index is 594. The molecule has 0 radical (unpaired) electrons. The molecule has 0 saturated carbocycles. The molecule has 0 atom stereocenters. The number of rotatable bonds is 4. The molecule has 1 heterocycles. The number of hydrogen-bond donors (Lipinski definition) is 1. The van der Waals surface area contributed by atoms with E-state index >= 15 is 0 Å². The highest BCUT2D eigenvalue weighted by Crippen LogP contribution is 2.14. The number of carboxylic acid groups (broad SMARTS) is 1. The second-order valence-corrected chi connectivity index (χ2v) is 4.31. The third-order valence-corrected chi connectivity index (χ3v) is 2.94. The van der Waals surface area contributed by atoms with Crippen LogP contribution in [0.3, 0.4) is 0 Å². The van der Waals surface area contributed by atoms with Crippen LogP contribution in [0.15, 0.2) is 36.5 Å². The Morgan fingerprint density at radius 1 is 1.26 bits per heavy atom. The molecule has 19 heavy (non-hydrogen) atoms. The van der Waals surface area contributed by atoms with Crippen molar-refractivity contribution in [1.29, 1.82) is 0 Å². The fourth-order valence-electron chi connectivity index (χ4n) is 1.82. The first-order valence-electron chi connectivity index (χ1n) is 6.05. The fourth-order valence-corrected chi connectivity index (χ4v) is 1.82. The minimum absolute atomic E-state index is 0.307. The van der Waals surface area contributed by atoms with Crippen molar-refractivity contribution in [2.45, 2.75) is 19.8 Å². The van der Waals surface area contributed by atoms with Gasteiger partial charge in [0.1, 0.15) is 5.82 Å². The number of benzene rings is 1. The molecule has 98 valence electrons. The Hall–Kier alpha value is -2.23. The Kier molecular flexibility index (Phi) is 3.90. The van der Waals surface area contributed by atoms with Crippen molar-refractivity contribution in [3.63, 3.8) is 0 Å². The zero-order valence-electron chi connectivity index (χ0n) is 10.6. The highest BCUT2D eigenvalue weighted by Gasteiger charge is 2.10. The van der Waals surface area contributed by atoms with Crippen LogP contribution >= 0.6 is 0 Å². The maximum atomic E-state index is 13.5. The van der Waals surface area contributed by atoms with Crippen molar-refractivity contribution < 1.29 is 14.3 Å². The van der Waals surface area contributed by atoms with Crippen LogP contribution in [0.4, 0.5) is 4.39 Å². The monoisotopic (exact) mass is 259 g/mol. The van der Waals surface area contributed by atoms with Gasteiger partial charge < -0.3 is 5.11 Å². The zero-order valence-corrected chi connectivity index (χ0v) is 10.6. The van der Waals surface area contributed by atoms with E-state index in [0.29, 0.717) is 12.0 Å². The minimum atomic E-state index is -1.26. The van der Waals surface area contributed by atoms with E-state index in [1.165, 1.54) is 12.1 Å². The number of pyridine rings is 1. The van der Waals surface area contributed by atoms with Crippen LogP contribution in [0.25, 0.3) is 0 Å². The summed E-state index contributed by atoms with van der Waals surface area (Å²) in [5, 5.41) is 8.75. The van der Waals surface area contributed by atoms with Gasteiger partial charge >= 0.3 is 5.97 Å². The standard InChI is InChI=1S/C15H14FNO2/c1-2-10-3-5-12(17-9-10)7-11-4-6-13(15(18)19)14(16)8-11/h3-6,8-9H,2,7H2,1H3,(H,18,19). The molecule has 1 N–H and O–H groups in total. The second kappa shape index (κ2) is 5.61. The lowest BCUT2D eigenvalue weighted by Crippen LogP contribution is -2.02. The molecule has 1 aromatic heterocycles. The number of aromatic nitrogens is 1. The van der Waals surface area contributed by atoms with Gasteiger partial charge in [-0.25, -0.2) is 9.18 Å². The maximum absolute atomic E-state index is 13.5. The van der Waals surface area contributed by atoms with Crippen molar-refractivity contribution in [3.8, 4) is 0 Å². The molecule has 0 unspecified atom stereocenters. The summed E-state index contributed by atoms with van der Waals surface area (Å²) < 4.78 is 13.5. The Morgan fingerprint density at radius 2 is 2.00 bits per heavy atom. The van der Waals surface area contributed by atoms with Crippen LogP contribution in [0.2, 0.25) is 0 Å². The third-order valence-electron chi connectivity index (χ3n) is 2.94. The number of aryl methyl sites for hydroxylation is 1. The molecule has 0 bridgehead atoms. The number of halogens is 1. The largest absolute Gasteiger partial charge is 0.478 e. The van der Waals surface area contributed by atoms with Crippen LogP contribution in [0.1, 0.15) is 34.1 Å². The van der Waals surface area contributed by atoms with Gasteiger partial charge in [-0.3, -0.25) is 4.98 Å². The molecule has 0 saturated heterocycles. The van der Waals surface area contributed by atoms with Crippen LogP contribution in [0, 0.1) is 5.82 Å². The van der Waals surface area contributed by atoms with Gasteiger partial charge in [-0.05, 0) is 35.7 Å². The molecule has 0 spiro atoms. The third kappa shape index (κ3) is 3.16. The van der Waals surface area contributed by atoms with E-state index in [1.54, 1.807) is 12.3 Å². The van der Waals surface area contributed by atoms with Gasteiger partial charge in [-0.1, -0.05) is 19.1 Å². The summed E-state index contributed by atoms with van der Waals surface area (Å²) in [6, 6.07) is 8.04. The number of hydrogen-bond acceptors (Lipinski definition) is 2. The normalized spacial score (nSPS) is 10.4. The summed E-state index contributed by atoms with van der Waals surface area (Å²) >= 11 is 0. The average Bonchev–Trinajstić information content (AvgIpc) is 2.39. The van der Waals surface area contributed by atoms with Gasteiger partial charge in [0.05, 0.1) is 5.56 Å². The molecule has 1 aromatic carbocycles. The molecular weight excluding hydrogens is 245 g/mol. The summed E-state index contributed by atoms with van der Waals surface area (Å²) in [4.78, 5) is 15.0. The Balaban J connectivity index is 2.18. The average molecular weight is 259 g/mol. The summed E-state index contributed by atoms with van der Waals surface area (Å²) in [6.45, 7) is 2.05. The van der Waals surface area contributed by atoms with Gasteiger partial charge in [-0.2, -0.15) is 0 Å². The smallest absolute Gasteiger partial charge is 0.338 e. The van der Waals surface area contributed by atoms with Crippen molar-refractivity contribution in [2.24, 2.45) is 0 Å². The van der Waals surface area contributed by atoms with E-state index in [-0.39, 0.29) is 5.56 Å². The van der Waals surface area contributed by atoms with E-state index in [2.05, 4.69) is 11.9 Å². The quantitative estimate of drug-likeness (QED) is 0.918. The minimum Gasteiger partial charge on any atom is -0.478 e. The second-order valence-electron chi connectivity index (χ2n) is 4.31. The summed E-state index contributed by atoms with van der Waals surface area (Å²) in [5.41, 5.74) is 2.38. The molecule has 0 aliphatic heterocycles. The zero-order chi connectivity index (χ0) is 13.8. The van der Waals surface area contributed by atoms with E-state index in [1.807, 2.05) is 12.1 Å². The molecule has 2 aromatic rings. The summed E-state index contributed by atoms with van der Waals surface area (Å²) in [5.74, 6) is -1.97. The Labute approximate surface area is 110 Å². The van der Waals surface area contributed by atoms with Crippen LogP contribution in [-0.2, 0) is 12.8 Å². The van der Waals surface area contributed by atoms with Gasteiger partial charge in [-0.15, -0.1) is 0 Å². The Morgan fingerprint density at radius 3 is 2.53 bits per heavy atom. The van der Waals surface area contributed by atoms with E-state index in [0.717, 1.165) is 17.7 Å². The lowest BCUT2D eigenvalue weighted by molar-refractivity contribution is 0.0692. The molecule has 0 amide bonds. The predicted molar refractivity (Wildman–Crippen MR) is 69.8 cm³/mol. The van der Waals surface area contributed by atoms with Crippen molar-refractivity contribution in [3.05, 3.63) is 64.7 Å². The van der Waals surface area contributed by atoms with E-state index in [4.69, 9.17) is 5.11 Å².